The lowest BCUT2D eigenvalue weighted by Gasteiger charge is -2.26. The van der Waals surface area contributed by atoms with Crippen LogP contribution in [-0.2, 0) is 14.1 Å². The van der Waals surface area contributed by atoms with E-state index in [1.807, 2.05) is 32.9 Å². The highest BCUT2D eigenvalue weighted by Crippen LogP contribution is 2.30. The van der Waals surface area contributed by atoms with Crippen LogP contribution < -0.4 is 0 Å². The van der Waals surface area contributed by atoms with Gasteiger partial charge in [0.2, 0.25) is 0 Å². The maximum atomic E-state index is 13.1. The number of esters is 1. The second-order valence-corrected chi connectivity index (χ2v) is 8.32. The molecular formula is C21H34O4P+. The van der Waals surface area contributed by atoms with Crippen molar-refractivity contribution in [3.05, 3.63) is 34.4 Å². The van der Waals surface area contributed by atoms with Gasteiger partial charge in [0.25, 0.3) is 0 Å². The topological polar surface area (TPSA) is 60.4 Å². The molecule has 0 radical (unpaired) electrons. The zero-order valence-electron chi connectivity index (χ0n) is 17.4. The Morgan fingerprint density at radius 2 is 1.54 bits per heavy atom. The van der Waals surface area contributed by atoms with Crippen molar-refractivity contribution in [1.82, 2.24) is 0 Å². The van der Waals surface area contributed by atoms with Gasteiger partial charge in [0.15, 0.2) is 5.78 Å². The van der Waals surface area contributed by atoms with Crippen molar-refractivity contribution in [2.45, 2.75) is 61.3 Å². The second kappa shape index (κ2) is 10.6. The summed E-state index contributed by atoms with van der Waals surface area (Å²) in [5.41, 5.74) is 3.81. The fraction of sp³-hybridized carbons (Fsp3) is 0.619. The highest BCUT2D eigenvalue weighted by Gasteiger charge is 2.32. The summed E-state index contributed by atoms with van der Waals surface area (Å²) < 4.78 is 13.1. The number of hydrogen-bond donors (Lipinski definition) is 0. The molecule has 26 heavy (non-hydrogen) atoms. The van der Waals surface area contributed by atoms with Crippen LogP contribution in [0.3, 0.4) is 0 Å². The lowest BCUT2D eigenvalue weighted by atomic mass is 9.79. The third-order valence-corrected chi connectivity index (χ3v) is 4.32. The van der Waals surface area contributed by atoms with Gasteiger partial charge >= 0.3 is 15.1 Å². The van der Waals surface area contributed by atoms with Crippen LogP contribution >= 0.6 is 9.12 Å². The summed E-state index contributed by atoms with van der Waals surface area (Å²) in [6, 6.07) is 3.99. The lowest BCUT2D eigenvalue weighted by molar-refractivity contribution is -0.144. The van der Waals surface area contributed by atoms with Gasteiger partial charge in [-0.15, -0.1) is 0 Å². The molecule has 0 aliphatic heterocycles. The third-order valence-electron chi connectivity index (χ3n) is 4.32. The number of benzene rings is 1. The molecule has 146 valence electrons. The van der Waals surface area contributed by atoms with Crippen molar-refractivity contribution in [3.8, 4) is 0 Å². The van der Waals surface area contributed by atoms with Crippen LogP contribution in [0.2, 0.25) is 0 Å². The van der Waals surface area contributed by atoms with E-state index >= 15 is 0 Å². The van der Waals surface area contributed by atoms with E-state index < -0.39 is 11.9 Å². The Bertz CT molecular complexity index is 608. The van der Waals surface area contributed by atoms with Crippen molar-refractivity contribution < 1.29 is 18.9 Å². The smallest absolute Gasteiger partial charge is 0.316 e. The molecule has 4 nitrogen and oxygen atoms in total. The van der Waals surface area contributed by atoms with Gasteiger partial charge in [-0.2, -0.15) is 0 Å². The van der Waals surface area contributed by atoms with E-state index in [0.717, 1.165) is 23.1 Å². The molecule has 3 atom stereocenters. The summed E-state index contributed by atoms with van der Waals surface area (Å²) in [5.74, 6) is -1.01. The first-order valence-electron chi connectivity index (χ1n) is 8.89. The maximum Gasteiger partial charge on any atom is 0.316 e. The molecule has 0 N–H and O–H groups in total. The first-order chi connectivity index (χ1) is 12.0. The van der Waals surface area contributed by atoms with E-state index in [-0.39, 0.29) is 17.1 Å². The van der Waals surface area contributed by atoms with Crippen molar-refractivity contribution in [2.75, 3.05) is 7.11 Å². The van der Waals surface area contributed by atoms with Crippen LogP contribution in [0.25, 0.3) is 0 Å². The first kappa shape index (κ1) is 24.5. The number of carbonyl (C=O) groups excluding carboxylic acids is 2. The first-order valence-corrected chi connectivity index (χ1v) is 9.37. The van der Waals surface area contributed by atoms with Crippen LogP contribution in [0.15, 0.2) is 12.1 Å². The predicted octanol–water partition coefficient (Wildman–Crippen LogP) is 5.25. The van der Waals surface area contributed by atoms with Crippen molar-refractivity contribution >= 4 is 20.9 Å². The molecule has 0 amide bonds. The number of ketones is 1. The molecule has 1 aromatic rings. The van der Waals surface area contributed by atoms with Gasteiger partial charge in [0.05, 0.1) is 7.11 Å². The molecule has 0 saturated carbocycles. The summed E-state index contributed by atoms with van der Waals surface area (Å²) in [7, 11) is 2.52. The predicted molar refractivity (Wildman–Crippen MR) is 109 cm³/mol. The third kappa shape index (κ3) is 7.37. The van der Waals surface area contributed by atoms with Crippen molar-refractivity contribution in [1.29, 1.82) is 0 Å². The van der Waals surface area contributed by atoms with Crippen LogP contribution in [0, 0.1) is 38.0 Å². The van der Waals surface area contributed by atoms with Crippen molar-refractivity contribution in [3.63, 3.8) is 0 Å². The van der Waals surface area contributed by atoms with Crippen LogP contribution in [0.1, 0.15) is 67.6 Å². The zero-order valence-corrected chi connectivity index (χ0v) is 18.6. The average molecular weight is 381 g/mol. The Morgan fingerprint density at radius 3 is 1.92 bits per heavy atom. The molecule has 5 heteroatoms. The highest BCUT2D eigenvalue weighted by molar-refractivity contribution is 7.00. The minimum atomic E-state index is -0.729. The minimum Gasteiger partial charge on any atom is -0.468 e. The van der Waals surface area contributed by atoms with Gasteiger partial charge in [-0.3, -0.25) is 9.59 Å². The zero-order chi connectivity index (χ0) is 20.7. The number of aryl methyl sites for hydroxylation is 3. The molecule has 0 aliphatic rings. The molecule has 1 rings (SSSR count). The largest absolute Gasteiger partial charge is 0.468 e. The number of ether oxygens (including phenoxy) is 1. The fourth-order valence-electron chi connectivity index (χ4n) is 3.73. The number of methoxy groups -OCH3 is 1. The summed E-state index contributed by atoms with van der Waals surface area (Å²) >= 11 is 0. The Kier molecular flexibility index (Phi) is 9.94. The maximum absolute atomic E-state index is 13.1. The van der Waals surface area contributed by atoms with E-state index in [2.05, 4.69) is 27.7 Å². The molecule has 0 aromatic heterocycles. The standard InChI is InChI=1S/C21H32O3.H2OP/c1-13-9-15(3)18(16(4)10-13)19(22)17(20(23)24-8)11-14(2)12-21(5,6)7;1-2/h9-10,14,17H,11-12H2,1-8H3;2H2/q;+1. The normalized spacial score (nSPS) is 13.2. The quantitative estimate of drug-likeness (QED) is 0.292. The lowest BCUT2D eigenvalue weighted by Crippen LogP contribution is -2.29. The molecular weight excluding hydrogens is 347 g/mol. The number of carbonyl (C=O) groups is 2. The Balaban J connectivity index is 0.00000301. The summed E-state index contributed by atoms with van der Waals surface area (Å²) in [4.78, 5) is 25.4. The summed E-state index contributed by atoms with van der Waals surface area (Å²) in [6.07, 6.45) is 1.48. The van der Waals surface area contributed by atoms with E-state index in [1.165, 1.54) is 16.2 Å². The molecule has 3 unspecified atom stereocenters. The highest BCUT2D eigenvalue weighted by atomic mass is 31.0. The Hall–Kier alpha value is -1.54. The van der Waals surface area contributed by atoms with Gasteiger partial charge in [-0.25, -0.2) is 0 Å². The Labute approximate surface area is 160 Å². The van der Waals surface area contributed by atoms with E-state index in [9.17, 15) is 9.59 Å². The summed E-state index contributed by atoms with van der Waals surface area (Å²) in [5, 5.41) is 0. The van der Waals surface area contributed by atoms with Crippen molar-refractivity contribution in [2.24, 2.45) is 17.3 Å². The van der Waals surface area contributed by atoms with E-state index in [0.29, 0.717) is 12.0 Å². The number of hydrogen-bond acceptors (Lipinski definition) is 4. The molecule has 0 saturated heterocycles. The number of rotatable bonds is 6. The van der Waals surface area contributed by atoms with Gasteiger partial charge in [-0.1, -0.05) is 50.0 Å². The second-order valence-electron chi connectivity index (χ2n) is 8.32. The monoisotopic (exact) mass is 381 g/mol. The molecule has 0 bridgehead atoms. The van der Waals surface area contributed by atoms with Gasteiger partial charge < -0.3 is 4.74 Å². The molecule has 0 fully saturated rings. The van der Waals surface area contributed by atoms with E-state index in [4.69, 9.17) is 9.30 Å². The van der Waals surface area contributed by atoms with Crippen LogP contribution in [-0.4, -0.2) is 18.9 Å². The van der Waals surface area contributed by atoms with Crippen LogP contribution in [0.5, 0.6) is 0 Å². The molecule has 1 aromatic carbocycles. The van der Waals surface area contributed by atoms with Gasteiger partial charge in [0.1, 0.15) is 5.92 Å². The SMILES string of the molecule is COC(=O)C(CC(C)CC(C)(C)C)C(=O)c1c(C)cc(C)cc1C.O=[PH2+]. The number of Topliss-reactive ketones (excluding diaryl/α,β-unsaturated/α-hetero) is 1. The molecule has 0 heterocycles. The molecule has 0 aliphatic carbocycles. The summed E-state index contributed by atoms with van der Waals surface area (Å²) in [6.45, 7) is 14.5. The van der Waals surface area contributed by atoms with Gasteiger partial charge in [-0.05, 0) is 56.1 Å². The van der Waals surface area contributed by atoms with E-state index in [1.54, 1.807) is 0 Å². The average Bonchev–Trinajstić information content (AvgIpc) is 2.51. The van der Waals surface area contributed by atoms with Gasteiger partial charge in [0, 0.05) is 5.56 Å². The molecule has 0 spiro atoms. The Morgan fingerprint density at radius 1 is 1.08 bits per heavy atom. The van der Waals surface area contributed by atoms with Crippen LogP contribution in [0.4, 0.5) is 0 Å². The fourth-order valence-corrected chi connectivity index (χ4v) is 3.73. The minimum absolute atomic E-state index is 0.113.